The van der Waals surface area contributed by atoms with E-state index in [2.05, 4.69) is 10.6 Å². The predicted molar refractivity (Wildman–Crippen MR) is 102 cm³/mol. The summed E-state index contributed by atoms with van der Waals surface area (Å²) in [6.07, 6.45) is -0.139. The molecule has 2 N–H and O–H groups in total. The van der Waals surface area contributed by atoms with Crippen LogP contribution in [0, 0.1) is 34.6 Å². The number of carbonyl (C=O) groups is 2. The SMILES string of the molecule is N#CC1=C(SCC(=O)Nc2ccc(F)c(F)c2F)NC(=O)C[C@@H]1c1ccccc1F. The van der Waals surface area contributed by atoms with Crippen LogP contribution in [-0.2, 0) is 9.59 Å². The maximum Gasteiger partial charge on any atom is 0.234 e. The number of rotatable bonds is 5. The molecule has 0 spiro atoms. The third-order valence-electron chi connectivity index (χ3n) is 4.29. The van der Waals surface area contributed by atoms with Gasteiger partial charge in [-0.05, 0) is 23.8 Å². The molecule has 3 rings (SSSR count). The highest BCUT2D eigenvalue weighted by Crippen LogP contribution is 2.36. The summed E-state index contributed by atoms with van der Waals surface area (Å²) < 4.78 is 54.1. The topological polar surface area (TPSA) is 82.0 Å². The lowest BCUT2D eigenvalue weighted by molar-refractivity contribution is -0.121. The predicted octanol–water partition coefficient (Wildman–Crippen LogP) is 3.95. The number of hydrogen-bond acceptors (Lipinski definition) is 4. The molecule has 0 aliphatic carbocycles. The molecule has 2 amide bonds. The van der Waals surface area contributed by atoms with E-state index in [0.717, 1.165) is 17.8 Å². The molecule has 5 nitrogen and oxygen atoms in total. The average Bonchev–Trinajstić information content (AvgIpc) is 2.72. The van der Waals surface area contributed by atoms with Crippen molar-refractivity contribution < 1.29 is 27.2 Å². The Morgan fingerprint density at radius 3 is 2.57 bits per heavy atom. The minimum absolute atomic E-state index is 0.0721. The fraction of sp³-hybridized carbons (Fsp3) is 0.150. The van der Waals surface area contributed by atoms with Crippen molar-refractivity contribution in [3.05, 3.63) is 75.8 Å². The van der Waals surface area contributed by atoms with Gasteiger partial charge in [-0.25, -0.2) is 17.6 Å². The van der Waals surface area contributed by atoms with Crippen molar-refractivity contribution in [2.75, 3.05) is 11.1 Å². The summed E-state index contributed by atoms with van der Waals surface area (Å²) in [4.78, 5) is 24.2. The second-order valence-corrected chi connectivity index (χ2v) is 7.23. The summed E-state index contributed by atoms with van der Waals surface area (Å²) in [7, 11) is 0. The molecular weight excluding hydrogens is 422 g/mol. The quantitative estimate of drug-likeness (QED) is 0.550. The Kier molecular flexibility index (Phi) is 6.42. The zero-order chi connectivity index (χ0) is 21.8. The summed E-state index contributed by atoms with van der Waals surface area (Å²) >= 11 is 0.779. The Labute approximate surface area is 172 Å². The van der Waals surface area contributed by atoms with Crippen LogP contribution in [0.5, 0.6) is 0 Å². The number of halogens is 4. The van der Waals surface area contributed by atoms with Crippen molar-refractivity contribution >= 4 is 29.3 Å². The number of allylic oxidation sites excluding steroid dienone is 1. The summed E-state index contributed by atoms with van der Waals surface area (Å²) in [6.45, 7) is 0. The molecule has 0 saturated carbocycles. The van der Waals surface area contributed by atoms with Crippen LogP contribution in [0.1, 0.15) is 17.9 Å². The normalized spacial score (nSPS) is 16.1. The fourth-order valence-electron chi connectivity index (χ4n) is 2.90. The van der Waals surface area contributed by atoms with Crippen molar-refractivity contribution in [2.24, 2.45) is 0 Å². The Morgan fingerprint density at radius 1 is 1.13 bits per heavy atom. The number of nitrogens with one attached hydrogen (secondary N) is 2. The van der Waals surface area contributed by atoms with Crippen LogP contribution in [0.25, 0.3) is 0 Å². The van der Waals surface area contributed by atoms with E-state index in [-0.39, 0.29) is 28.3 Å². The van der Waals surface area contributed by atoms with E-state index in [1.165, 1.54) is 18.2 Å². The van der Waals surface area contributed by atoms with Gasteiger partial charge >= 0.3 is 0 Å². The summed E-state index contributed by atoms with van der Waals surface area (Å²) in [5.74, 6) is -7.66. The molecule has 1 atom stereocenters. The second kappa shape index (κ2) is 9.00. The molecular formula is C20H13F4N3O2S. The van der Waals surface area contributed by atoms with Gasteiger partial charge in [0.25, 0.3) is 0 Å². The van der Waals surface area contributed by atoms with E-state index in [4.69, 9.17) is 0 Å². The van der Waals surface area contributed by atoms with E-state index in [0.29, 0.717) is 6.07 Å². The minimum Gasteiger partial charge on any atom is -0.323 e. The molecule has 0 unspecified atom stereocenters. The van der Waals surface area contributed by atoms with E-state index >= 15 is 0 Å². The van der Waals surface area contributed by atoms with Gasteiger partial charge in [0.1, 0.15) is 5.82 Å². The van der Waals surface area contributed by atoms with Crippen LogP contribution >= 0.6 is 11.8 Å². The van der Waals surface area contributed by atoms with Gasteiger partial charge in [-0.15, -0.1) is 0 Å². The molecule has 1 aliphatic heterocycles. The lowest BCUT2D eigenvalue weighted by Gasteiger charge is -2.25. The molecule has 0 fully saturated rings. The summed E-state index contributed by atoms with van der Waals surface area (Å²) in [5, 5.41) is 14.2. The maximum atomic E-state index is 14.2. The van der Waals surface area contributed by atoms with Gasteiger partial charge in [0, 0.05) is 12.3 Å². The summed E-state index contributed by atoms with van der Waals surface area (Å²) in [5.41, 5.74) is -0.294. The number of nitriles is 1. The van der Waals surface area contributed by atoms with Gasteiger partial charge in [-0.3, -0.25) is 9.59 Å². The second-order valence-electron chi connectivity index (χ2n) is 6.24. The lowest BCUT2D eigenvalue weighted by atomic mass is 9.87. The first-order chi connectivity index (χ1) is 14.3. The fourth-order valence-corrected chi connectivity index (χ4v) is 3.78. The zero-order valence-electron chi connectivity index (χ0n) is 15.1. The summed E-state index contributed by atoms with van der Waals surface area (Å²) in [6, 6.07) is 9.22. The number of thioether (sulfide) groups is 1. The van der Waals surface area contributed by atoms with Gasteiger partial charge in [-0.2, -0.15) is 5.26 Å². The van der Waals surface area contributed by atoms with Crippen molar-refractivity contribution in [3.8, 4) is 6.07 Å². The van der Waals surface area contributed by atoms with E-state index < -0.39 is 46.7 Å². The zero-order valence-corrected chi connectivity index (χ0v) is 16.0. The highest BCUT2D eigenvalue weighted by Gasteiger charge is 2.31. The molecule has 1 heterocycles. The van der Waals surface area contributed by atoms with Crippen LogP contribution in [-0.4, -0.2) is 17.6 Å². The third-order valence-corrected chi connectivity index (χ3v) is 5.31. The number of anilines is 1. The smallest absolute Gasteiger partial charge is 0.234 e. The first-order valence-corrected chi connectivity index (χ1v) is 9.55. The van der Waals surface area contributed by atoms with Crippen LogP contribution in [0.15, 0.2) is 47.0 Å². The van der Waals surface area contributed by atoms with Gasteiger partial charge < -0.3 is 10.6 Å². The lowest BCUT2D eigenvalue weighted by Crippen LogP contribution is -2.31. The molecule has 2 aromatic rings. The highest BCUT2D eigenvalue weighted by atomic mass is 32.2. The molecule has 154 valence electrons. The number of benzene rings is 2. The van der Waals surface area contributed by atoms with Crippen molar-refractivity contribution in [1.82, 2.24) is 5.32 Å². The van der Waals surface area contributed by atoms with Crippen LogP contribution in [0.2, 0.25) is 0 Å². The Bertz CT molecular complexity index is 1100. The molecule has 10 heteroatoms. The minimum atomic E-state index is -1.72. The van der Waals surface area contributed by atoms with E-state index in [1.807, 2.05) is 6.07 Å². The van der Waals surface area contributed by atoms with Gasteiger partial charge in [-0.1, -0.05) is 30.0 Å². The Morgan fingerprint density at radius 2 is 1.87 bits per heavy atom. The molecule has 0 aromatic heterocycles. The third kappa shape index (κ3) is 4.46. The van der Waals surface area contributed by atoms with E-state index in [9.17, 15) is 32.4 Å². The number of nitrogens with zero attached hydrogens (tertiary/aromatic N) is 1. The molecule has 0 radical (unpaired) electrons. The van der Waals surface area contributed by atoms with E-state index in [1.54, 1.807) is 6.07 Å². The molecule has 30 heavy (non-hydrogen) atoms. The molecule has 0 bridgehead atoms. The first kappa shape index (κ1) is 21.4. The number of carbonyl (C=O) groups excluding carboxylic acids is 2. The van der Waals surface area contributed by atoms with Crippen molar-refractivity contribution in [1.29, 1.82) is 5.26 Å². The van der Waals surface area contributed by atoms with Gasteiger partial charge in [0.2, 0.25) is 11.8 Å². The van der Waals surface area contributed by atoms with Crippen LogP contribution in [0.4, 0.5) is 23.2 Å². The standard InChI is InChI=1S/C20H13F4N3O2S/c21-13-4-2-1-3-10(13)11-7-16(28)27-20(12(11)8-25)30-9-17(29)26-15-6-5-14(22)18(23)19(15)24/h1-6,11H,7,9H2,(H,26,29)(H,27,28)/t11-/m1/s1. The van der Waals surface area contributed by atoms with Crippen LogP contribution < -0.4 is 10.6 Å². The maximum absolute atomic E-state index is 14.2. The Balaban J connectivity index is 1.78. The van der Waals surface area contributed by atoms with Gasteiger partial charge in [0.15, 0.2) is 17.5 Å². The highest BCUT2D eigenvalue weighted by molar-refractivity contribution is 8.03. The van der Waals surface area contributed by atoms with Crippen molar-refractivity contribution in [2.45, 2.75) is 12.3 Å². The molecule has 0 saturated heterocycles. The Hall–Kier alpha value is -3.32. The average molecular weight is 435 g/mol. The monoisotopic (exact) mass is 435 g/mol. The van der Waals surface area contributed by atoms with Crippen LogP contribution in [0.3, 0.4) is 0 Å². The first-order valence-electron chi connectivity index (χ1n) is 8.56. The molecule has 2 aromatic carbocycles. The number of amides is 2. The van der Waals surface area contributed by atoms with Gasteiger partial charge in [0.05, 0.1) is 28.1 Å². The van der Waals surface area contributed by atoms with Crippen molar-refractivity contribution in [3.63, 3.8) is 0 Å². The largest absolute Gasteiger partial charge is 0.323 e. The number of hydrogen-bond donors (Lipinski definition) is 2. The molecule has 1 aliphatic rings.